The van der Waals surface area contributed by atoms with Gasteiger partial charge >= 0.3 is 5.97 Å². The van der Waals surface area contributed by atoms with Crippen LogP contribution in [0.3, 0.4) is 0 Å². The number of benzene rings is 1. The lowest BCUT2D eigenvalue weighted by molar-refractivity contribution is 0.0689. The number of hydrogen-bond donors (Lipinski definition) is 1. The summed E-state index contributed by atoms with van der Waals surface area (Å²) in [6.45, 7) is 4.99. The maximum atomic E-state index is 13.6. The van der Waals surface area contributed by atoms with E-state index in [4.69, 9.17) is 9.84 Å². The summed E-state index contributed by atoms with van der Waals surface area (Å²) in [6.07, 6.45) is -0.264. The maximum Gasteiger partial charge on any atom is 0.339 e. The smallest absolute Gasteiger partial charge is 0.339 e. The van der Waals surface area contributed by atoms with Gasteiger partial charge in [-0.2, -0.15) is 0 Å². The van der Waals surface area contributed by atoms with E-state index in [1.807, 2.05) is 0 Å². The lowest BCUT2D eigenvalue weighted by Crippen LogP contribution is -2.12. The second kappa shape index (κ2) is 4.29. The number of aromatic carboxylic acids is 1. The highest BCUT2D eigenvalue weighted by Gasteiger charge is 2.18. The summed E-state index contributed by atoms with van der Waals surface area (Å²) in [5.74, 6) is -1.98. The van der Waals surface area contributed by atoms with Gasteiger partial charge in [-0.25, -0.2) is 9.18 Å². The number of carboxylic acids is 1. The first kappa shape index (κ1) is 11.5. The monoisotopic (exact) mass is 212 g/mol. The molecule has 4 heteroatoms. The van der Waals surface area contributed by atoms with E-state index in [0.29, 0.717) is 5.56 Å². The molecule has 15 heavy (non-hydrogen) atoms. The fraction of sp³-hybridized carbons (Fsp3) is 0.364. The fourth-order valence-electron chi connectivity index (χ4n) is 1.17. The Kier molecular flexibility index (Phi) is 3.29. The lowest BCUT2D eigenvalue weighted by atomic mass is 10.1. The molecule has 1 N–H and O–H groups in total. The molecule has 1 aromatic rings. The summed E-state index contributed by atoms with van der Waals surface area (Å²) in [5.41, 5.74) is 0.224. The number of hydrogen-bond acceptors (Lipinski definition) is 2. The first-order valence-corrected chi connectivity index (χ1v) is 4.62. The SMILES string of the molecule is Cc1ccc(C(=O)O)c(OC(C)C)c1F. The molecule has 0 aliphatic carbocycles. The summed E-state index contributed by atoms with van der Waals surface area (Å²) < 4.78 is 18.8. The maximum absolute atomic E-state index is 13.6. The Balaban J connectivity index is 3.28. The minimum atomic E-state index is -1.19. The highest BCUT2D eigenvalue weighted by molar-refractivity contribution is 5.91. The zero-order valence-electron chi connectivity index (χ0n) is 8.87. The quantitative estimate of drug-likeness (QED) is 0.837. The molecule has 0 aliphatic heterocycles. The zero-order chi connectivity index (χ0) is 11.6. The van der Waals surface area contributed by atoms with Crippen molar-refractivity contribution in [1.29, 1.82) is 0 Å². The number of carbonyl (C=O) groups is 1. The van der Waals surface area contributed by atoms with Crippen LogP contribution in [0.25, 0.3) is 0 Å². The lowest BCUT2D eigenvalue weighted by Gasteiger charge is -2.14. The standard InChI is InChI=1S/C11H13FO3/c1-6(2)15-10-8(11(13)14)5-4-7(3)9(10)12/h4-6H,1-3H3,(H,13,14). The van der Waals surface area contributed by atoms with Crippen LogP contribution in [0, 0.1) is 12.7 Å². The minimum absolute atomic E-state index is 0.146. The molecule has 0 amide bonds. The number of rotatable bonds is 3. The molecule has 0 saturated carbocycles. The average Bonchev–Trinajstić information content (AvgIpc) is 2.12. The van der Waals surface area contributed by atoms with Gasteiger partial charge in [0.15, 0.2) is 11.6 Å². The van der Waals surface area contributed by atoms with E-state index < -0.39 is 11.8 Å². The minimum Gasteiger partial charge on any atom is -0.487 e. The summed E-state index contributed by atoms with van der Waals surface area (Å²) in [5, 5.41) is 8.85. The van der Waals surface area contributed by atoms with Gasteiger partial charge in [-0.3, -0.25) is 0 Å². The highest BCUT2D eigenvalue weighted by Crippen LogP contribution is 2.26. The van der Waals surface area contributed by atoms with E-state index in [-0.39, 0.29) is 17.4 Å². The molecule has 1 aromatic carbocycles. The first-order chi connectivity index (χ1) is 6.93. The Morgan fingerprint density at radius 2 is 2.07 bits per heavy atom. The number of halogens is 1. The van der Waals surface area contributed by atoms with Gasteiger partial charge in [-0.1, -0.05) is 6.07 Å². The Morgan fingerprint density at radius 3 is 2.53 bits per heavy atom. The van der Waals surface area contributed by atoms with Gasteiger partial charge in [-0.15, -0.1) is 0 Å². The van der Waals surface area contributed by atoms with E-state index in [0.717, 1.165) is 0 Å². The van der Waals surface area contributed by atoms with Crippen molar-refractivity contribution in [3.8, 4) is 5.75 Å². The Hall–Kier alpha value is -1.58. The van der Waals surface area contributed by atoms with Crippen LogP contribution in [0.4, 0.5) is 4.39 Å². The van der Waals surface area contributed by atoms with Crippen molar-refractivity contribution >= 4 is 5.97 Å². The summed E-state index contributed by atoms with van der Waals surface area (Å²) in [6, 6.07) is 2.77. The van der Waals surface area contributed by atoms with Gasteiger partial charge in [0, 0.05) is 0 Å². The van der Waals surface area contributed by atoms with Crippen LogP contribution in [-0.2, 0) is 0 Å². The molecule has 0 spiro atoms. The second-order valence-corrected chi connectivity index (χ2v) is 3.54. The molecule has 0 fully saturated rings. The van der Waals surface area contributed by atoms with Gasteiger partial charge in [-0.05, 0) is 32.4 Å². The molecule has 82 valence electrons. The predicted octanol–water partition coefficient (Wildman–Crippen LogP) is 2.62. The third-order valence-electron chi connectivity index (χ3n) is 1.87. The van der Waals surface area contributed by atoms with Crippen LogP contribution in [0.1, 0.15) is 29.8 Å². The molecular formula is C11H13FO3. The molecule has 0 aliphatic rings. The van der Waals surface area contributed by atoms with Crippen LogP contribution in [0.15, 0.2) is 12.1 Å². The molecule has 3 nitrogen and oxygen atoms in total. The molecular weight excluding hydrogens is 199 g/mol. The van der Waals surface area contributed by atoms with Gasteiger partial charge in [0.25, 0.3) is 0 Å². The van der Waals surface area contributed by atoms with E-state index in [9.17, 15) is 9.18 Å². The third-order valence-corrected chi connectivity index (χ3v) is 1.87. The van der Waals surface area contributed by atoms with E-state index in [2.05, 4.69) is 0 Å². The molecule has 0 atom stereocenters. The summed E-state index contributed by atoms with van der Waals surface area (Å²) in [4.78, 5) is 10.8. The average molecular weight is 212 g/mol. The van der Waals surface area contributed by atoms with Crippen molar-refractivity contribution in [2.75, 3.05) is 0 Å². The van der Waals surface area contributed by atoms with Gasteiger partial charge in [0.1, 0.15) is 5.56 Å². The molecule has 0 unspecified atom stereocenters. The molecule has 0 radical (unpaired) electrons. The molecule has 1 rings (SSSR count). The summed E-state index contributed by atoms with van der Waals surface area (Å²) >= 11 is 0. The fourth-order valence-corrected chi connectivity index (χ4v) is 1.17. The molecule has 0 aromatic heterocycles. The van der Waals surface area contributed by atoms with Crippen molar-refractivity contribution in [2.24, 2.45) is 0 Å². The van der Waals surface area contributed by atoms with Gasteiger partial charge < -0.3 is 9.84 Å². The normalized spacial score (nSPS) is 10.5. The van der Waals surface area contributed by atoms with Crippen molar-refractivity contribution < 1.29 is 19.0 Å². The highest BCUT2D eigenvalue weighted by atomic mass is 19.1. The molecule has 0 saturated heterocycles. The topological polar surface area (TPSA) is 46.5 Å². The van der Waals surface area contributed by atoms with Crippen LogP contribution in [-0.4, -0.2) is 17.2 Å². The van der Waals surface area contributed by atoms with E-state index in [1.54, 1.807) is 20.8 Å². The van der Waals surface area contributed by atoms with Crippen LogP contribution >= 0.6 is 0 Å². The van der Waals surface area contributed by atoms with Crippen molar-refractivity contribution in [1.82, 2.24) is 0 Å². The second-order valence-electron chi connectivity index (χ2n) is 3.54. The van der Waals surface area contributed by atoms with Crippen molar-refractivity contribution in [3.05, 3.63) is 29.1 Å². The van der Waals surface area contributed by atoms with E-state index >= 15 is 0 Å². The largest absolute Gasteiger partial charge is 0.487 e. The van der Waals surface area contributed by atoms with Crippen molar-refractivity contribution in [3.63, 3.8) is 0 Å². The Labute approximate surface area is 87.5 Å². The van der Waals surface area contributed by atoms with Crippen LogP contribution < -0.4 is 4.74 Å². The van der Waals surface area contributed by atoms with Crippen molar-refractivity contribution in [2.45, 2.75) is 26.9 Å². The van der Waals surface area contributed by atoms with Crippen LogP contribution in [0.5, 0.6) is 5.75 Å². The molecule has 0 heterocycles. The Morgan fingerprint density at radius 1 is 1.47 bits per heavy atom. The zero-order valence-corrected chi connectivity index (χ0v) is 8.87. The third kappa shape index (κ3) is 2.46. The number of carboxylic acid groups (broad SMARTS) is 1. The summed E-state index contributed by atoms with van der Waals surface area (Å²) in [7, 11) is 0. The first-order valence-electron chi connectivity index (χ1n) is 4.62. The Bertz CT molecular complexity index is 386. The van der Waals surface area contributed by atoms with Gasteiger partial charge in [0.2, 0.25) is 0 Å². The van der Waals surface area contributed by atoms with Gasteiger partial charge in [0.05, 0.1) is 6.10 Å². The van der Waals surface area contributed by atoms with Crippen LogP contribution in [0.2, 0.25) is 0 Å². The number of ether oxygens (including phenoxy) is 1. The molecule has 0 bridgehead atoms. The van der Waals surface area contributed by atoms with E-state index in [1.165, 1.54) is 12.1 Å². The number of aryl methyl sites for hydroxylation is 1. The predicted molar refractivity (Wildman–Crippen MR) is 53.9 cm³/mol.